The molecule has 0 saturated heterocycles. The van der Waals surface area contributed by atoms with Gasteiger partial charge in [-0.1, -0.05) is 18.2 Å². The van der Waals surface area contributed by atoms with Crippen molar-refractivity contribution in [2.45, 2.75) is 6.42 Å². The van der Waals surface area contributed by atoms with Crippen LogP contribution in [0.1, 0.15) is 5.56 Å². The molecule has 1 nitrogen and oxygen atoms in total. The molecule has 2 rings (SSSR count). The topological polar surface area (TPSA) is 23.8 Å². The maximum Gasteiger partial charge on any atom is 0.123 e. The molecule has 0 aromatic heterocycles. The van der Waals surface area contributed by atoms with Gasteiger partial charge >= 0.3 is 0 Å². The highest BCUT2D eigenvalue weighted by Crippen LogP contribution is 2.25. The Morgan fingerprint density at radius 1 is 0.941 bits per heavy atom. The number of nitrogens with zero attached hydrogens (tertiary/aromatic N) is 1. The largest absolute Gasteiger partial charge is 0.207 e. The molecule has 17 heavy (non-hydrogen) atoms. The van der Waals surface area contributed by atoms with Gasteiger partial charge in [-0.15, -0.1) is 0 Å². The SMILES string of the molecule is N#CCc1cc(F)ccc1-c1ccc(F)cc1. The average molecular weight is 229 g/mol. The van der Waals surface area contributed by atoms with Gasteiger partial charge in [-0.25, -0.2) is 8.78 Å². The van der Waals surface area contributed by atoms with Gasteiger partial charge in [0.05, 0.1) is 12.5 Å². The second kappa shape index (κ2) is 4.75. The molecule has 0 fully saturated rings. The Balaban J connectivity index is 2.51. The molecule has 0 atom stereocenters. The molecule has 0 N–H and O–H groups in total. The molecule has 3 heteroatoms. The third kappa shape index (κ3) is 2.48. The van der Waals surface area contributed by atoms with Crippen LogP contribution < -0.4 is 0 Å². The Labute approximate surface area is 97.9 Å². The van der Waals surface area contributed by atoms with Crippen LogP contribution in [0.4, 0.5) is 8.78 Å². The Hall–Kier alpha value is -2.21. The van der Waals surface area contributed by atoms with E-state index in [0.29, 0.717) is 5.56 Å². The van der Waals surface area contributed by atoms with Crippen LogP contribution in [0.5, 0.6) is 0 Å². The number of rotatable bonds is 2. The summed E-state index contributed by atoms with van der Waals surface area (Å²) >= 11 is 0. The van der Waals surface area contributed by atoms with E-state index in [0.717, 1.165) is 11.1 Å². The third-order valence-corrected chi connectivity index (χ3v) is 2.49. The van der Waals surface area contributed by atoms with E-state index in [9.17, 15) is 8.78 Å². The van der Waals surface area contributed by atoms with Crippen LogP contribution in [-0.2, 0) is 6.42 Å². The number of halogens is 2. The van der Waals surface area contributed by atoms with Crippen molar-refractivity contribution >= 4 is 0 Å². The van der Waals surface area contributed by atoms with Crippen molar-refractivity contribution in [3.8, 4) is 17.2 Å². The molecule has 84 valence electrons. The normalized spacial score (nSPS) is 9.94. The Kier molecular flexibility index (Phi) is 3.15. The minimum absolute atomic E-state index is 0.129. The van der Waals surface area contributed by atoms with Gasteiger partial charge in [-0.3, -0.25) is 0 Å². The van der Waals surface area contributed by atoms with Crippen LogP contribution in [0.25, 0.3) is 11.1 Å². The molecular formula is C14H9F2N. The van der Waals surface area contributed by atoms with E-state index in [2.05, 4.69) is 0 Å². The number of nitriles is 1. The van der Waals surface area contributed by atoms with E-state index < -0.39 is 0 Å². The maximum atomic E-state index is 13.1. The Morgan fingerprint density at radius 2 is 1.59 bits per heavy atom. The van der Waals surface area contributed by atoms with Gasteiger partial charge in [-0.05, 0) is 41.0 Å². The predicted octanol–water partition coefficient (Wildman–Crippen LogP) is 3.70. The second-order valence-corrected chi connectivity index (χ2v) is 3.64. The van der Waals surface area contributed by atoms with Crippen molar-refractivity contribution in [3.05, 3.63) is 59.7 Å². The summed E-state index contributed by atoms with van der Waals surface area (Å²) in [6.07, 6.45) is 0.129. The summed E-state index contributed by atoms with van der Waals surface area (Å²) in [6, 6.07) is 12.2. The van der Waals surface area contributed by atoms with Crippen LogP contribution >= 0.6 is 0 Å². The molecule has 0 unspecified atom stereocenters. The first kappa shape index (κ1) is 11.3. The molecular weight excluding hydrogens is 220 g/mol. The molecule has 0 aliphatic rings. The van der Waals surface area contributed by atoms with Crippen molar-refractivity contribution in [2.24, 2.45) is 0 Å². The lowest BCUT2D eigenvalue weighted by Crippen LogP contribution is -1.90. The van der Waals surface area contributed by atoms with Crippen LogP contribution in [-0.4, -0.2) is 0 Å². The monoisotopic (exact) mass is 229 g/mol. The lowest BCUT2D eigenvalue weighted by Gasteiger charge is -2.07. The zero-order chi connectivity index (χ0) is 12.3. The fraction of sp³-hybridized carbons (Fsp3) is 0.0714. The van der Waals surface area contributed by atoms with Gasteiger partial charge in [0.25, 0.3) is 0 Å². The quantitative estimate of drug-likeness (QED) is 0.770. The van der Waals surface area contributed by atoms with E-state index in [-0.39, 0.29) is 18.1 Å². The highest BCUT2D eigenvalue weighted by molar-refractivity contribution is 5.67. The number of hydrogen-bond acceptors (Lipinski definition) is 1. The van der Waals surface area contributed by atoms with Crippen molar-refractivity contribution in [3.63, 3.8) is 0 Å². The van der Waals surface area contributed by atoms with Gasteiger partial charge in [0.15, 0.2) is 0 Å². The smallest absolute Gasteiger partial charge is 0.123 e. The van der Waals surface area contributed by atoms with E-state index >= 15 is 0 Å². The summed E-state index contributed by atoms with van der Waals surface area (Å²) in [6.45, 7) is 0. The predicted molar refractivity (Wildman–Crippen MR) is 61.1 cm³/mol. The summed E-state index contributed by atoms with van der Waals surface area (Å²) < 4.78 is 25.9. The third-order valence-electron chi connectivity index (χ3n) is 2.49. The molecule has 0 bridgehead atoms. The molecule has 2 aromatic rings. The van der Waals surface area contributed by atoms with Crippen molar-refractivity contribution < 1.29 is 8.78 Å². The average Bonchev–Trinajstić information content (AvgIpc) is 2.31. The molecule has 0 aliphatic heterocycles. The minimum atomic E-state index is -0.374. The maximum absolute atomic E-state index is 13.1. The summed E-state index contributed by atoms with van der Waals surface area (Å²) in [4.78, 5) is 0. The Morgan fingerprint density at radius 3 is 2.24 bits per heavy atom. The van der Waals surface area contributed by atoms with Gasteiger partial charge in [0.2, 0.25) is 0 Å². The first-order valence-corrected chi connectivity index (χ1v) is 5.12. The summed E-state index contributed by atoms with van der Waals surface area (Å²) in [5.41, 5.74) is 2.14. The molecule has 0 heterocycles. The molecule has 0 aliphatic carbocycles. The van der Waals surface area contributed by atoms with Gasteiger partial charge in [0, 0.05) is 0 Å². The minimum Gasteiger partial charge on any atom is -0.207 e. The summed E-state index contributed by atoms with van der Waals surface area (Å²) in [5, 5.41) is 8.69. The molecule has 0 spiro atoms. The fourth-order valence-corrected chi connectivity index (χ4v) is 1.70. The zero-order valence-electron chi connectivity index (χ0n) is 8.95. The second-order valence-electron chi connectivity index (χ2n) is 3.64. The molecule has 0 saturated carbocycles. The first-order valence-electron chi connectivity index (χ1n) is 5.12. The fourth-order valence-electron chi connectivity index (χ4n) is 1.70. The molecule has 0 radical (unpaired) electrons. The Bertz CT molecular complexity index is 568. The van der Waals surface area contributed by atoms with Gasteiger partial charge in [-0.2, -0.15) is 5.26 Å². The number of hydrogen-bond donors (Lipinski definition) is 0. The van der Waals surface area contributed by atoms with E-state index in [1.807, 2.05) is 6.07 Å². The van der Waals surface area contributed by atoms with Crippen molar-refractivity contribution in [1.29, 1.82) is 5.26 Å². The summed E-state index contributed by atoms with van der Waals surface area (Å²) in [7, 11) is 0. The van der Waals surface area contributed by atoms with E-state index in [1.165, 1.54) is 24.3 Å². The van der Waals surface area contributed by atoms with Crippen LogP contribution in [0.15, 0.2) is 42.5 Å². The highest BCUT2D eigenvalue weighted by Gasteiger charge is 2.06. The molecule has 2 aromatic carbocycles. The van der Waals surface area contributed by atoms with Gasteiger partial charge < -0.3 is 0 Å². The van der Waals surface area contributed by atoms with Crippen molar-refractivity contribution in [2.75, 3.05) is 0 Å². The first-order chi connectivity index (χ1) is 8.20. The number of benzene rings is 2. The lowest BCUT2D eigenvalue weighted by molar-refractivity contribution is 0.625. The van der Waals surface area contributed by atoms with Crippen LogP contribution in [0.2, 0.25) is 0 Å². The van der Waals surface area contributed by atoms with Crippen LogP contribution in [0, 0.1) is 23.0 Å². The van der Waals surface area contributed by atoms with Crippen molar-refractivity contribution in [1.82, 2.24) is 0 Å². The summed E-state index contributed by atoms with van der Waals surface area (Å²) in [5.74, 6) is -0.696. The van der Waals surface area contributed by atoms with Crippen LogP contribution in [0.3, 0.4) is 0 Å². The molecule has 0 amide bonds. The zero-order valence-corrected chi connectivity index (χ0v) is 8.95. The lowest BCUT2D eigenvalue weighted by atomic mass is 9.98. The van der Waals surface area contributed by atoms with E-state index in [1.54, 1.807) is 18.2 Å². The van der Waals surface area contributed by atoms with E-state index in [4.69, 9.17) is 5.26 Å². The highest BCUT2D eigenvalue weighted by atomic mass is 19.1. The standard InChI is InChI=1S/C14H9F2N/c15-12-3-1-10(2-4-12)14-6-5-13(16)9-11(14)7-8-17/h1-6,9H,7H2. The van der Waals surface area contributed by atoms with Gasteiger partial charge in [0.1, 0.15) is 11.6 Å².